The predicted octanol–water partition coefficient (Wildman–Crippen LogP) is 5.65. The van der Waals surface area contributed by atoms with Crippen LogP contribution < -0.4 is 0 Å². The summed E-state index contributed by atoms with van der Waals surface area (Å²) in [6.45, 7) is 11.2. The van der Waals surface area contributed by atoms with Gasteiger partial charge >= 0.3 is 0 Å². The maximum atomic E-state index is 13.2. The Hall–Kier alpha value is -2.39. The molecule has 1 aliphatic heterocycles. The van der Waals surface area contributed by atoms with Gasteiger partial charge in [0.15, 0.2) is 5.78 Å². The first-order valence-electron chi connectivity index (χ1n) is 9.46. The van der Waals surface area contributed by atoms with Crippen molar-refractivity contribution in [2.45, 2.75) is 59.2 Å². The van der Waals surface area contributed by atoms with Gasteiger partial charge in [0.25, 0.3) is 0 Å². The average molecular weight is 364 g/mol. The molecule has 3 nitrogen and oxygen atoms in total. The number of carbonyl (C=O) groups excluding carboxylic acids is 1. The third kappa shape index (κ3) is 3.44. The Morgan fingerprint density at radius 3 is 2.11 bits per heavy atom. The molecule has 142 valence electrons. The van der Waals surface area contributed by atoms with Crippen LogP contribution >= 0.6 is 0 Å². The molecule has 0 spiro atoms. The number of aliphatic hydroxyl groups is 1. The Balaban J connectivity index is 2.24. The predicted molar refractivity (Wildman–Crippen MR) is 110 cm³/mol. The molecule has 1 N–H and O–H groups in total. The van der Waals surface area contributed by atoms with Gasteiger partial charge in [-0.15, -0.1) is 0 Å². The number of aliphatic hydroxyl groups excluding tert-OH is 1. The molecule has 3 rings (SSSR count). The second-order valence-electron chi connectivity index (χ2n) is 8.27. The van der Waals surface area contributed by atoms with Crippen LogP contribution in [0.25, 0.3) is 16.7 Å². The van der Waals surface area contributed by atoms with E-state index in [9.17, 15) is 9.90 Å². The Labute approximate surface area is 161 Å². The molecular weight excluding hydrogens is 336 g/mol. The van der Waals surface area contributed by atoms with Gasteiger partial charge < -0.3 is 9.84 Å². The molecule has 0 radical (unpaired) electrons. The summed E-state index contributed by atoms with van der Waals surface area (Å²) in [5, 5.41) is 10.9. The monoisotopic (exact) mass is 364 g/mol. The highest BCUT2D eigenvalue weighted by Crippen LogP contribution is 2.41. The van der Waals surface area contributed by atoms with Crippen molar-refractivity contribution in [2.75, 3.05) is 0 Å². The van der Waals surface area contributed by atoms with Gasteiger partial charge in [-0.2, -0.15) is 0 Å². The normalized spacial score (nSPS) is 18.7. The summed E-state index contributed by atoms with van der Waals surface area (Å²) in [5.74, 6) is -0.183. The molecule has 2 aromatic carbocycles. The van der Waals surface area contributed by atoms with Crippen molar-refractivity contribution < 1.29 is 14.6 Å². The van der Waals surface area contributed by atoms with Crippen LogP contribution in [-0.2, 0) is 16.0 Å². The van der Waals surface area contributed by atoms with E-state index >= 15 is 0 Å². The zero-order valence-electron chi connectivity index (χ0n) is 17.0. The third-order valence-corrected chi connectivity index (χ3v) is 5.24. The van der Waals surface area contributed by atoms with E-state index in [1.807, 2.05) is 12.1 Å². The van der Waals surface area contributed by atoms with Crippen molar-refractivity contribution in [3.63, 3.8) is 0 Å². The molecule has 1 heterocycles. The maximum Gasteiger partial charge on any atom is 0.198 e. The number of rotatable bonds is 3. The number of Topliss-reactive ketones (excluding diaryl/α,β-unsaturated/α-hetero) is 1. The molecule has 0 amide bonds. The summed E-state index contributed by atoms with van der Waals surface area (Å²) in [6, 6.07) is 14.4. The lowest BCUT2D eigenvalue weighted by Gasteiger charge is -2.40. The fourth-order valence-electron chi connectivity index (χ4n) is 3.74. The molecule has 1 aliphatic rings. The molecular formula is C24H28O3. The van der Waals surface area contributed by atoms with Crippen molar-refractivity contribution in [1.29, 1.82) is 0 Å². The van der Waals surface area contributed by atoms with Gasteiger partial charge in [0.1, 0.15) is 17.0 Å². The molecule has 0 atom stereocenters. The number of carbonyl (C=O) groups is 1. The molecule has 0 unspecified atom stereocenters. The fourth-order valence-corrected chi connectivity index (χ4v) is 3.74. The summed E-state index contributed by atoms with van der Waals surface area (Å²) >= 11 is 0. The van der Waals surface area contributed by atoms with Gasteiger partial charge in [0.05, 0.1) is 5.57 Å². The molecule has 27 heavy (non-hydrogen) atoms. The van der Waals surface area contributed by atoms with E-state index in [0.717, 1.165) is 28.7 Å². The second kappa shape index (κ2) is 6.65. The highest BCUT2D eigenvalue weighted by atomic mass is 16.5. The second-order valence-corrected chi connectivity index (χ2v) is 8.27. The van der Waals surface area contributed by atoms with Crippen molar-refractivity contribution >= 4 is 11.4 Å². The van der Waals surface area contributed by atoms with E-state index in [-0.39, 0.29) is 11.5 Å². The van der Waals surface area contributed by atoms with E-state index in [1.165, 1.54) is 5.56 Å². The molecule has 0 fully saturated rings. The average Bonchev–Trinajstić information content (AvgIpc) is 2.60. The molecule has 2 aromatic rings. The van der Waals surface area contributed by atoms with Gasteiger partial charge in [-0.05, 0) is 69.4 Å². The van der Waals surface area contributed by atoms with Crippen LogP contribution in [0.2, 0.25) is 0 Å². The quantitative estimate of drug-likeness (QED) is 0.765. The minimum absolute atomic E-state index is 0.00239. The van der Waals surface area contributed by atoms with Crippen LogP contribution in [0, 0.1) is 6.92 Å². The van der Waals surface area contributed by atoms with Gasteiger partial charge in [-0.3, -0.25) is 4.79 Å². The third-order valence-electron chi connectivity index (χ3n) is 5.24. The first-order valence-corrected chi connectivity index (χ1v) is 9.46. The summed E-state index contributed by atoms with van der Waals surface area (Å²) in [6.07, 6.45) is 0.773. The van der Waals surface area contributed by atoms with Crippen molar-refractivity contribution in [3.8, 4) is 11.1 Å². The zero-order valence-corrected chi connectivity index (χ0v) is 17.0. The summed E-state index contributed by atoms with van der Waals surface area (Å²) < 4.78 is 5.88. The van der Waals surface area contributed by atoms with Gasteiger partial charge in [0.2, 0.25) is 0 Å². The Bertz CT molecular complexity index is 915. The van der Waals surface area contributed by atoms with E-state index in [2.05, 4.69) is 44.2 Å². The smallest absolute Gasteiger partial charge is 0.198 e. The van der Waals surface area contributed by atoms with E-state index < -0.39 is 11.2 Å². The fraction of sp³-hybridized carbons (Fsp3) is 0.375. The summed E-state index contributed by atoms with van der Waals surface area (Å²) in [7, 11) is 0. The van der Waals surface area contributed by atoms with Crippen LogP contribution in [0.4, 0.5) is 0 Å². The number of ketones is 1. The molecule has 0 bridgehead atoms. The Morgan fingerprint density at radius 1 is 0.926 bits per heavy atom. The topological polar surface area (TPSA) is 46.5 Å². The van der Waals surface area contributed by atoms with Gasteiger partial charge in [0, 0.05) is 0 Å². The molecule has 0 aliphatic carbocycles. The van der Waals surface area contributed by atoms with Crippen molar-refractivity contribution in [3.05, 3.63) is 64.9 Å². The number of hydrogen-bond acceptors (Lipinski definition) is 3. The lowest BCUT2D eigenvalue weighted by atomic mass is 9.80. The Kier molecular flexibility index (Phi) is 4.77. The zero-order chi connectivity index (χ0) is 20.0. The van der Waals surface area contributed by atoms with Crippen LogP contribution in [0.15, 0.2) is 48.2 Å². The lowest BCUT2D eigenvalue weighted by Crippen LogP contribution is -2.49. The largest absolute Gasteiger partial charge is 0.508 e. The molecule has 0 saturated carbocycles. The first kappa shape index (κ1) is 19.4. The van der Waals surface area contributed by atoms with Crippen molar-refractivity contribution in [1.82, 2.24) is 0 Å². The van der Waals surface area contributed by atoms with E-state index in [4.69, 9.17) is 4.74 Å². The van der Waals surface area contributed by atoms with E-state index in [0.29, 0.717) is 5.57 Å². The van der Waals surface area contributed by atoms with Crippen molar-refractivity contribution in [2.24, 2.45) is 0 Å². The van der Waals surface area contributed by atoms with Crippen LogP contribution in [0.3, 0.4) is 0 Å². The van der Waals surface area contributed by atoms with Crippen LogP contribution in [0.1, 0.15) is 51.3 Å². The minimum Gasteiger partial charge on any atom is -0.508 e. The van der Waals surface area contributed by atoms with Crippen LogP contribution in [0.5, 0.6) is 0 Å². The highest BCUT2D eigenvalue weighted by molar-refractivity contribution is 6.26. The van der Waals surface area contributed by atoms with Crippen LogP contribution in [-0.4, -0.2) is 22.1 Å². The summed E-state index contributed by atoms with van der Waals surface area (Å²) in [5.41, 5.74) is 3.61. The molecule has 3 heteroatoms. The number of aryl methyl sites for hydroxylation is 2. The standard InChI is InChI=1S/C24H28O3/c1-7-16-12-13-18(17-10-8-15(2)9-11-17)14-19(16)20-21(25)23(3,4)27-24(5,6)22(20)26/h8-14,25H,7H2,1-6H3. The highest BCUT2D eigenvalue weighted by Gasteiger charge is 2.47. The molecule has 0 saturated heterocycles. The lowest BCUT2D eigenvalue weighted by molar-refractivity contribution is -0.158. The van der Waals surface area contributed by atoms with Gasteiger partial charge in [-0.25, -0.2) is 0 Å². The Morgan fingerprint density at radius 2 is 1.52 bits per heavy atom. The minimum atomic E-state index is -0.990. The number of benzene rings is 2. The molecule has 0 aromatic heterocycles. The van der Waals surface area contributed by atoms with E-state index in [1.54, 1.807) is 27.7 Å². The summed E-state index contributed by atoms with van der Waals surface area (Å²) in [4.78, 5) is 13.2. The number of ether oxygens (including phenoxy) is 1. The maximum absolute atomic E-state index is 13.2. The number of hydrogen-bond donors (Lipinski definition) is 1. The SMILES string of the molecule is CCc1ccc(-c2ccc(C)cc2)cc1C1=C(O)C(C)(C)OC(C)(C)C1=O. The first-order chi connectivity index (χ1) is 12.6. The van der Waals surface area contributed by atoms with Gasteiger partial charge in [-0.1, -0.05) is 48.9 Å².